The largest absolute Gasteiger partial charge is 0.481 e. The minimum atomic E-state index is -0.833. The fourth-order valence-corrected chi connectivity index (χ4v) is 0.316. The van der Waals surface area contributed by atoms with E-state index in [-0.39, 0.29) is 5.48 Å². The molecule has 0 aliphatic heterocycles. The summed E-state index contributed by atoms with van der Waals surface area (Å²) < 4.78 is 0. The molecule has 0 atom stereocenters. The molecule has 0 spiro atoms. The smallest absolute Gasteiger partial charge is 0.300 e. The fraction of sp³-hybridized carbons (Fsp3) is 0.900. The number of carbonyl (C=O) groups is 1. The van der Waals surface area contributed by atoms with Crippen LogP contribution in [0.4, 0.5) is 0 Å². The van der Waals surface area contributed by atoms with E-state index in [0.29, 0.717) is 13.2 Å². The Hall–Kier alpha value is -0.650. The van der Waals surface area contributed by atoms with Crippen molar-refractivity contribution >= 4 is 5.97 Å². The molecule has 0 aromatic carbocycles. The van der Waals surface area contributed by atoms with Crippen LogP contribution in [0.5, 0.6) is 0 Å². The highest BCUT2D eigenvalue weighted by atomic mass is 16.4. The zero-order valence-corrected chi connectivity index (χ0v) is 9.99. The first-order chi connectivity index (χ1) is 6.56. The third-order valence-corrected chi connectivity index (χ3v) is 1.02. The molecule has 0 aliphatic rings. The van der Waals surface area contributed by atoms with Crippen molar-refractivity contribution in [1.29, 1.82) is 0 Å². The molecular weight excluding hydrogens is 200 g/mol. The fourth-order valence-electron chi connectivity index (χ4n) is 0.316. The van der Waals surface area contributed by atoms with Crippen LogP contribution in [-0.4, -0.2) is 40.0 Å². The molecule has 0 rings (SSSR count). The maximum atomic E-state index is 9.00. The molecular formula is C10H26O5. The molecule has 5 heteroatoms. The maximum Gasteiger partial charge on any atom is 0.300 e. The lowest BCUT2D eigenvalue weighted by Crippen LogP contribution is -1.78. The molecule has 5 nitrogen and oxygen atoms in total. The number of hydrogen-bond donors (Lipinski definition) is 3. The highest BCUT2D eigenvalue weighted by Crippen LogP contribution is 1.79. The van der Waals surface area contributed by atoms with Gasteiger partial charge in [0, 0.05) is 20.1 Å². The van der Waals surface area contributed by atoms with E-state index in [2.05, 4.69) is 13.8 Å². The second-order valence-electron chi connectivity index (χ2n) is 2.67. The average molecular weight is 226 g/mol. The molecule has 0 fully saturated rings. The maximum absolute atomic E-state index is 9.00. The SMILES string of the molecule is CC(=O)O.CCCCO.CCCCO.O. The van der Waals surface area contributed by atoms with Gasteiger partial charge < -0.3 is 20.8 Å². The predicted octanol–water partition coefficient (Wildman–Crippen LogP) is 0.824. The van der Waals surface area contributed by atoms with Gasteiger partial charge in [-0.1, -0.05) is 26.7 Å². The van der Waals surface area contributed by atoms with E-state index < -0.39 is 5.97 Å². The lowest BCUT2D eigenvalue weighted by atomic mass is 10.4. The molecule has 0 aromatic rings. The van der Waals surface area contributed by atoms with E-state index >= 15 is 0 Å². The van der Waals surface area contributed by atoms with Crippen molar-refractivity contribution in [3.8, 4) is 0 Å². The van der Waals surface area contributed by atoms with Gasteiger partial charge in [-0.25, -0.2) is 0 Å². The number of unbranched alkanes of at least 4 members (excludes halogenated alkanes) is 2. The van der Waals surface area contributed by atoms with Crippen LogP contribution in [0.15, 0.2) is 0 Å². The van der Waals surface area contributed by atoms with Gasteiger partial charge in [-0.3, -0.25) is 4.79 Å². The van der Waals surface area contributed by atoms with Gasteiger partial charge in [-0.15, -0.1) is 0 Å². The Balaban J connectivity index is -0.0000000590. The molecule has 5 N–H and O–H groups in total. The zero-order chi connectivity index (χ0) is 11.8. The number of carboxylic acids is 1. The van der Waals surface area contributed by atoms with Gasteiger partial charge in [0.25, 0.3) is 5.97 Å². The second-order valence-corrected chi connectivity index (χ2v) is 2.67. The molecule has 0 saturated heterocycles. The number of carboxylic acid groups (broad SMARTS) is 1. The molecule has 0 bridgehead atoms. The summed E-state index contributed by atoms with van der Waals surface area (Å²) >= 11 is 0. The normalized spacial score (nSPS) is 7.27. The first-order valence-electron chi connectivity index (χ1n) is 4.97. The summed E-state index contributed by atoms with van der Waals surface area (Å²) in [6.45, 7) is 5.87. The number of rotatable bonds is 4. The third kappa shape index (κ3) is 153. The van der Waals surface area contributed by atoms with Gasteiger partial charge in [0.2, 0.25) is 0 Å². The lowest BCUT2D eigenvalue weighted by Gasteiger charge is -1.79. The van der Waals surface area contributed by atoms with E-state index in [1.165, 1.54) is 0 Å². The van der Waals surface area contributed by atoms with Crippen LogP contribution in [0.25, 0.3) is 0 Å². The van der Waals surface area contributed by atoms with Crippen molar-refractivity contribution in [3.05, 3.63) is 0 Å². The molecule has 15 heavy (non-hydrogen) atoms. The van der Waals surface area contributed by atoms with Crippen molar-refractivity contribution < 1.29 is 25.6 Å². The van der Waals surface area contributed by atoms with E-state index in [0.717, 1.165) is 32.6 Å². The standard InChI is InChI=1S/2C4H10O.C2H4O2.H2O/c2*1-2-3-4-5;1-2(3)4;/h2*5H,2-4H2,1H3;1H3,(H,3,4);1H2. The topological polar surface area (TPSA) is 109 Å². The second kappa shape index (κ2) is 29.2. The van der Waals surface area contributed by atoms with Crippen LogP contribution in [-0.2, 0) is 4.79 Å². The summed E-state index contributed by atoms with van der Waals surface area (Å²) in [5.41, 5.74) is 0. The molecule has 0 aliphatic carbocycles. The molecule has 0 saturated carbocycles. The van der Waals surface area contributed by atoms with Crippen molar-refractivity contribution in [2.75, 3.05) is 13.2 Å². The lowest BCUT2D eigenvalue weighted by molar-refractivity contribution is -0.134. The summed E-state index contributed by atoms with van der Waals surface area (Å²) in [6.07, 6.45) is 4.08. The molecule has 0 heterocycles. The Labute approximate surface area is 92.1 Å². The Morgan fingerprint density at radius 2 is 1.20 bits per heavy atom. The minimum Gasteiger partial charge on any atom is -0.481 e. The predicted molar refractivity (Wildman–Crippen MR) is 60.9 cm³/mol. The zero-order valence-electron chi connectivity index (χ0n) is 9.99. The quantitative estimate of drug-likeness (QED) is 0.659. The summed E-state index contributed by atoms with van der Waals surface area (Å²) in [5, 5.41) is 23.5. The summed E-state index contributed by atoms with van der Waals surface area (Å²) in [6, 6.07) is 0. The van der Waals surface area contributed by atoms with Crippen LogP contribution in [0.3, 0.4) is 0 Å². The minimum absolute atomic E-state index is 0. The van der Waals surface area contributed by atoms with Gasteiger partial charge in [0.05, 0.1) is 0 Å². The first kappa shape index (κ1) is 23.9. The Bertz CT molecular complexity index is 81.8. The van der Waals surface area contributed by atoms with Gasteiger partial charge >= 0.3 is 0 Å². The van der Waals surface area contributed by atoms with Gasteiger partial charge in [0.15, 0.2) is 0 Å². The van der Waals surface area contributed by atoms with E-state index in [4.69, 9.17) is 20.1 Å². The Morgan fingerprint density at radius 1 is 1.00 bits per heavy atom. The van der Waals surface area contributed by atoms with Crippen LogP contribution in [0, 0.1) is 0 Å². The number of aliphatic carboxylic acids is 1. The van der Waals surface area contributed by atoms with Gasteiger partial charge in [-0.2, -0.15) is 0 Å². The Kier molecular flexibility index (Phi) is 46.5. The number of aliphatic hydroxyl groups excluding tert-OH is 2. The first-order valence-corrected chi connectivity index (χ1v) is 4.97. The molecule has 0 amide bonds. The van der Waals surface area contributed by atoms with E-state index in [9.17, 15) is 0 Å². The number of aliphatic hydroxyl groups is 2. The molecule has 0 unspecified atom stereocenters. The van der Waals surface area contributed by atoms with Gasteiger partial charge in [-0.05, 0) is 12.8 Å². The summed E-state index contributed by atoms with van der Waals surface area (Å²) in [4.78, 5) is 9.00. The molecule has 0 aromatic heterocycles. The van der Waals surface area contributed by atoms with Crippen LogP contribution in [0.2, 0.25) is 0 Å². The van der Waals surface area contributed by atoms with Crippen molar-refractivity contribution in [2.24, 2.45) is 0 Å². The highest BCUT2D eigenvalue weighted by Gasteiger charge is 1.69. The van der Waals surface area contributed by atoms with Crippen molar-refractivity contribution in [1.82, 2.24) is 0 Å². The monoisotopic (exact) mass is 226 g/mol. The molecule has 0 radical (unpaired) electrons. The van der Waals surface area contributed by atoms with Crippen molar-refractivity contribution in [2.45, 2.75) is 46.5 Å². The Morgan fingerprint density at radius 3 is 1.20 bits per heavy atom. The van der Waals surface area contributed by atoms with Crippen LogP contribution < -0.4 is 0 Å². The third-order valence-electron chi connectivity index (χ3n) is 1.02. The van der Waals surface area contributed by atoms with Gasteiger partial charge in [0.1, 0.15) is 0 Å². The summed E-state index contributed by atoms with van der Waals surface area (Å²) in [5.74, 6) is -0.833. The van der Waals surface area contributed by atoms with E-state index in [1.807, 2.05) is 0 Å². The van der Waals surface area contributed by atoms with Crippen LogP contribution in [0.1, 0.15) is 46.5 Å². The molecule has 96 valence electrons. The highest BCUT2D eigenvalue weighted by molar-refractivity contribution is 5.62. The van der Waals surface area contributed by atoms with E-state index in [1.54, 1.807) is 0 Å². The number of hydrogen-bond acceptors (Lipinski definition) is 3. The average Bonchev–Trinajstić information content (AvgIpc) is 2.07. The summed E-state index contributed by atoms with van der Waals surface area (Å²) in [7, 11) is 0. The van der Waals surface area contributed by atoms with Crippen LogP contribution >= 0.6 is 0 Å². The van der Waals surface area contributed by atoms with Crippen molar-refractivity contribution in [3.63, 3.8) is 0 Å².